The highest BCUT2D eigenvalue weighted by atomic mass is 16.2. The summed E-state index contributed by atoms with van der Waals surface area (Å²) >= 11 is 0. The van der Waals surface area contributed by atoms with Crippen molar-refractivity contribution in [1.82, 2.24) is 15.5 Å². The molecule has 3 rings (SSSR count). The predicted molar refractivity (Wildman–Crippen MR) is 75.7 cm³/mol. The summed E-state index contributed by atoms with van der Waals surface area (Å²) in [7, 11) is 0. The van der Waals surface area contributed by atoms with E-state index in [0.29, 0.717) is 24.9 Å². The first-order valence-corrected chi connectivity index (χ1v) is 7.00. The molecule has 1 aromatic carbocycles. The third-order valence-corrected chi connectivity index (χ3v) is 4.17. The lowest BCUT2D eigenvalue weighted by Crippen LogP contribution is -2.59. The van der Waals surface area contributed by atoms with Crippen LogP contribution in [0, 0.1) is 6.92 Å². The van der Waals surface area contributed by atoms with E-state index in [2.05, 4.69) is 10.6 Å². The van der Waals surface area contributed by atoms with Gasteiger partial charge in [0.15, 0.2) is 0 Å². The number of piperidine rings is 1. The van der Waals surface area contributed by atoms with Gasteiger partial charge >= 0.3 is 6.03 Å². The first-order chi connectivity index (χ1) is 10.0. The Balaban J connectivity index is 1.84. The number of amides is 4. The van der Waals surface area contributed by atoms with Crippen LogP contribution < -0.4 is 10.6 Å². The van der Waals surface area contributed by atoms with Crippen LogP contribution in [-0.2, 0) is 4.79 Å². The maximum Gasteiger partial charge on any atom is 0.322 e. The quantitative estimate of drug-likeness (QED) is 0.750. The molecule has 2 fully saturated rings. The summed E-state index contributed by atoms with van der Waals surface area (Å²) in [6.07, 6.45) is 1.24. The van der Waals surface area contributed by atoms with Gasteiger partial charge in [-0.2, -0.15) is 0 Å². The molecule has 6 nitrogen and oxygen atoms in total. The van der Waals surface area contributed by atoms with E-state index in [4.69, 9.17) is 0 Å². The molecule has 0 aromatic heterocycles. The van der Waals surface area contributed by atoms with Crippen molar-refractivity contribution < 1.29 is 14.4 Å². The van der Waals surface area contributed by atoms with Gasteiger partial charge in [-0.15, -0.1) is 0 Å². The van der Waals surface area contributed by atoms with Crippen molar-refractivity contribution >= 4 is 17.8 Å². The summed E-state index contributed by atoms with van der Waals surface area (Å²) in [4.78, 5) is 37.7. The van der Waals surface area contributed by atoms with Crippen LogP contribution in [0.4, 0.5) is 4.79 Å². The van der Waals surface area contributed by atoms with E-state index in [1.807, 2.05) is 25.1 Å². The highest BCUT2D eigenvalue weighted by Gasteiger charge is 2.49. The number of urea groups is 1. The number of nitrogens with zero attached hydrogens (tertiary/aromatic N) is 1. The number of rotatable bonds is 1. The second-order valence-corrected chi connectivity index (χ2v) is 5.64. The number of likely N-dealkylation sites (tertiary alicyclic amines) is 1. The Bertz CT molecular complexity index is 628. The van der Waals surface area contributed by atoms with Gasteiger partial charge in [0.1, 0.15) is 5.54 Å². The Hall–Kier alpha value is -2.37. The molecule has 2 aliphatic rings. The van der Waals surface area contributed by atoms with E-state index in [1.165, 1.54) is 0 Å². The highest BCUT2D eigenvalue weighted by Crippen LogP contribution is 2.26. The lowest BCUT2D eigenvalue weighted by Gasteiger charge is -2.38. The topological polar surface area (TPSA) is 78.5 Å². The Morgan fingerprint density at radius 3 is 2.71 bits per heavy atom. The third kappa shape index (κ3) is 2.26. The van der Waals surface area contributed by atoms with Gasteiger partial charge in [-0.1, -0.05) is 18.2 Å². The summed E-state index contributed by atoms with van der Waals surface area (Å²) < 4.78 is 0. The molecule has 1 unspecified atom stereocenters. The highest BCUT2D eigenvalue weighted by molar-refractivity contribution is 6.07. The molecule has 2 heterocycles. The fourth-order valence-electron chi connectivity index (χ4n) is 3.03. The molecule has 1 spiro atoms. The van der Waals surface area contributed by atoms with Gasteiger partial charge in [-0.3, -0.25) is 14.9 Å². The molecule has 2 N–H and O–H groups in total. The van der Waals surface area contributed by atoms with Crippen LogP contribution in [0.1, 0.15) is 28.8 Å². The van der Waals surface area contributed by atoms with E-state index in [-0.39, 0.29) is 18.4 Å². The van der Waals surface area contributed by atoms with E-state index in [9.17, 15) is 14.4 Å². The zero-order chi connectivity index (χ0) is 15.0. The number of hydrogen-bond donors (Lipinski definition) is 2. The standard InChI is InChI=1S/C15H17N3O3/c1-10-5-2-3-6-11(10)12(19)18-8-4-7-15(9-18)13(20)16-14(21)17-15/h2-3,5-6H,4,7-9H2,1H3,(H2,16,17,20,21). The zero-order valence-electron chi connectivity index (χ0n) is 11.8. The molecule has 4 amide bonds. The first kappa shape index (κ1) is 13.6. The van der Waals surface area contributed by atoms with E-state index in [1.54, 1.807) is 11.0 Å². The van der Waals surface area contributed by atoms with Crippen molar-refractivity contribution in [3.63, 3.8) is 0 Å². The second-order valence-electron chi connectivity index (χ2n) is 5.64. The summed E-state index contributed by atoms with van der Waals surface area (Å²) in [6.45, 7) is 2.70. The van der Waals surface area contributed by atoms with Gasteiger partial charge in [0.25, 0.3) is 11.8 Å². The SMILES string of the molecule is Cc1ccccc1C(=O)N1CCCC2(C1)NC(=O)NC2=O. The number of benzene rings is 1. The van der Waals surface area contributed by atoms with Crippen molar-refractivity contribution in [1.29, 1.82) is 0 Å². The molecular formula is C15H17N3O3. The maximum absolute atomic E-state index is 12.6. The van der Waals surface area contributed by atoms with Crippen LogP contribution in [0.2, 0.25) is 0 Å². The molecule has 6 heteroatoms. The zero-order valence-corrected chi connectivity index (χ0v) is 11.8. The number of nitrogens with one attached hydrogen (secondary N) is 2. The van der Waals surface area contributed by atoms with E-state index < -0.39 is 11.6 Å². The summed E-state index contributed by atoms with van der Waals surface area (Å²) in [5.41, 5.74) is 0.578. The molecule has 0 radical (unpaired) electrons. The smallest absolute Gasteiger partial charge is 0.322 e. The molecule has 1 atom stereocenters. The first-order valence-electron chi connectivity index (χ1n) is 7.00. The summed E-state index contributed by atoms with van der Waals surface area (Å²) in [5, 5.41) is 4.94. The maximum atomic E-state index is 12.6. The van der Waals surface area contributed by atoms with Gasteiger partial charge < -0.3 is 10.2 Å². The number of carbonyl (C=O) groups excluding carboxylic acids is 3. The van der Waals surface area contributed by atoms with Crippen LogP contribution in [0.5, 0.6) is 0 Å². The van der Waals surface area contributed by atoms with Gasteiger partial charge in [-0.05, 0) is 31.4 Å². The molecule has 110 valence electrons. The predicted octanol–water partition coefficient (Wildman–Crippen LogP) is 0.809. The molecule has 2 aliphatic heterocycles. The Morgan fingerprint density at radius 2 is 2.05 bits per heavy atom. The minimum atomic E-state index is -0.965. The Labute approximate surface area is 122 Å². The lowest BCUT2D eigenvalue weighted by molar-refractivity contribution is -0.125. The number of aryl methyl sites for hydroxylation is 1. The van der Waals surface area contributed by atoms with E-state index >= 15 is 0 Å². The molecular weight excluding hydrogens is 270 g/mol. The second kappa shape index (κ2) is 4.87. The van der Waals surface area contributed by atoms with Crippen molar-refractivity contribution in [2.45, 2.75) is 25.3 Å². The average Bonchev–Trinajstić information content (AvgIpc) is 2.72. The minimum Gasteiger partial charge on any atom is -0.336 e. The van der Waals surface area contributed by atoms with Gasteiger partial charge in [0, 0.05) is 12.1 Å². The molecule has 2 saturated heterocycles. The van der Waals surface area contributed by atoms with E-state index in [0.717, 1.165) is 5.56 Å². The van der Waals surface area contributed by atoms with Gasteiger partial charge in [0.05, 0.1) is 6.54 Å². The van der Waals surface area contributed by atoms with Crippen molar-refractivity contribution in [2.75, 3.05) is 13.1 Å². The van der Waals surface area contributed by atoms with Crippen LogP contribution in [-0.4, -0.2) is 41.4 Å². The van der Waals surface area contributed by atoms with Gasteiger partial charge in [0.2, 0.25) is 0 Å². The van der Waals surface area contributed by atoms with Crippen molar-refractivity contribution in [2.24, 2.45) is 0 Å². The lowest BCUT2D eigenvalue weighted by atomic mass is 9.88. The van der Waals surface area contributed by atoms with Gasteiger partial charge in [-0.25, -0.2) is 4.79 Å². The molecule has 1 aromatic rings. The number of imide groups is 1. The van der Waals surface area contributed by atoms with Crippen LogP contribution in [0.3, 0.4) is 0 Å². The molecule has 21 heavy (non-hydrogen) atoms. The average molecular weight is 287 g/mol. The van der Waals surface area contributed by atoms with Crippen LogP contribution in [0.15, 0.2) is 24.3 Å². The molecule has 0 aliphatic carbocycles. The molecule has 0 bridgehead atoms. The monoisotopic (exact) mass is 287 g/mol. The normalized spacial score (nSPS) is 24.9. The van der Waals surface area contributed by atoms with Crippen molar-refractivity contribution in [3.05, 3.63) is 35.4 Å². The minimum absolute atomic E-state index is 0.0962. The van der Waals surface area contributed by atoms with Crippen LogP contribution >= 0.6 is 0 Å². The Kier molecular flexibility index (Phi) is 3.16. The molecule has 0 saturated carbocycles. The van der Waals surface area contributed by atoms with Crippen molar-refractivity contribution in [3.8, 4) is 0 Å². The number of hydrogen-bond acceptors (Lipinski definition) is 3. The summed E-state index contributed by atoms with van der Waals surface area (Å²) in [6, 6.07) is 6.90. The van der Waals surface area contributed by atoms with Crippen LogP contribution in [0.25, 0.3) is 0 Å². The largest absolute Gasteiger partial charge is 0.336 e. The number of carbonyl (C=O) groups is 3. The Morgan fingerprint density at radius 1 is 1.29 bits per heavy atom. The fourth-order valence-corrected chi connectivity index (χ4v) is 3.03. The summed E-state index contributed by atoms with van der Waals surface area (Å²) in [5.74, 6) is -0.434. The fraction of sp³-hybridized carbons (Fsp3) is 0.400. The third-order valence-electron chi connectivity index (χ3n) is 4.17.